The van der Waals surface area contributed by atoms with Crippen molar-refractivity contribution in [2.45, 2.75) is 50.1 Å². The molecule has 19 heavy (non-hydrogen) atoms. The Morgan fingerprint density at radius 1 is 1.47 bits per heavy atom. The van der Waals surface area contributed by atoms with E-state index in [0.717, 1.165) is 43.0 Å². The van der Waals surface area contributed by atoms with Crippen LogP contribution in [0.5, 0.6) is 0 Å². The molecule has 1 heterocycles. The molecule has 2 saturated carbocycles. The third kappa shape index (κ3) is 2.58. The Morgan fingerprint density at radius 3 is 2.74 bits per heavy atom. The standard InChI is InChI=1S/C14H19BrN2O2/c15-10-7-12(17(8-10)11-3-4-11)13(19)16-14(9-18)5-1-2-6-14/h7-8,11,18H,1-6,9H2,(H,16,19). The number of aliphatic hydroxyl groups is 1. The van der Waals surface area contributed by atoms with E-state index < -0.39 is 5.54 Å². The summed E-state index contributed by atoms with van der Waals surface area (Å²) in [4.78, 5) is 12.5. The van der Waals surface area contributed by atoms with Gasteiger partial charge >= 0.3 is 0 Å². The van der Waals surface area contributed by atoms with Crippen LogP contribution >= 0.6 is 15.9 Å². The lowest BCUT2D eigenvalue weighted by Gasteiger charge is -2.28. The summed E-state index contributed by atoms with van der Waals surface area (Å²) in [6.45, 7) is 0.0318. The van der Waals surface area contributed by atoms with Crippen molar-refractivity contribution in [3.05, 3.63) is 22.4 Å². The Hall–Kier alpha value is -0.810. The number of hydrogen-bond acceptors (Lipinski definition) is 2. The molecule has 0 aromatic carbocycles. The highest BCUT2D eigenvalue weighted by atomic mass is 79.9. The van der Waals surface area contributed by atoms with Crippen molar-refractivity contribution >= 4 is 21.8 Å². The molecule has 2 N–H and O–H groups in total. The van der Waals surface area contributed by atoms with Crippen LogP contribution in [-0.2, 0) is 0 Å². The Morgan fingerprint density at radius 2 is 2.16 bits per heavy atom. The van der Waals surface area contributed by atoms with Crippen LogP contribution in [0.15, 0.2) is 16.7 Å². The molecule has 1 aromatic rings. The predicted octanol–water partition coefficient (Wildman–Crippen LogP) is 2.62. The molecule has 104 valence electrons. The quantitative estimate of drug-likeness (QED) is 0.893. The second kappa shape index (κ2) is 4.94. The summed E-state index contributed by atoms with van der Waals surface area (Å²) in [5.41, 5.74) is 0.302. The van der Waals surface area contributed by atoms with Crippen molar-refractivity contribution in [2.24, 2.45) is 0 Å². The summed E-state index contributed by atoms with van der Waals surface area (Å²) in [7, 11) is 0. The fourth-order valence-electron chi connectivity index (χ4n) is 2.96. The predicted molar refractivity (Wildman–Crippen MR) is 76.2 cm³/mol. The number of aliphatic hydroxyl groups excluding tert-OH is 1. The number of carbonyl (C=O) groups excluding carboxylic acids is 1. The van der Waals surface area contributed by atoms with Crippen molar-refractivity contribution in [1.82, 2.24) is 9.88 Å². The van der Waals surface area contributed by atoms with E-state index in [4.69, 9.17) is 0 Å². The first-order chi connectivity index (χ1) is 9.13. The van der Waals surface area contributed by atoms with Gasteiger partial charge in [-0.1, -0.05) is 12.8 Å². The Kier molecular flexibility index (Phi) is 3.43. The zero-order valence-electron chi connectivity index (χ0n) is 10.9. The largest absolute Gasteiger partial charge is 0.394 e. The van der Waals surface area contributed by atoms with Crippen molar-refractivity contribution in [2.75, 3.05) is 6.61 Å². The Balaban J connectivity index is 1.80. The van der Waals surface area contributed by atoms with Crippen LogP contribution in [0.2, 0.25) is 0 Å². The number of aromatic nitrogens is 1. The molecule has 0 bridgehead atoms. The lowest BCUT2D eigenvalue weighted by atomic mass is 9.99. The van der Waals surface area contributed by atoms with E-state index in [1.54, 1.807) is 0 Å². The SMILES string of the molecule is O=C(NC1(CO)CCCC1)c1cc(Br)cn1C1CC1. The van der Waals surface area contributed by atoms with Gasteiger partial charge in [0.05, 0.1) is 12.1 Å². The fourth-order valence-corrected chi connectivity index (χ4v) is 3.40. The minimum absolute atomic E-state index is 0.0318. The highest BCUT2D eigenvalue weighted by Gasteiger charge is 2.36. The van der Waals surface area contributed by atoms with Gasteiger partial charge in [0.1, 0.15) is 5.69 Å². The van der Waals surface area contributed by atoms with Gasteiger partial charge in [-0.05, 0) is 47.7 Å². The summed E-state index contributed by atoms with van der Waals surface area (Å²) in [6, 6.07) is 2.34. The maximum absolute atomic E-state index is 12.5. The molecule has 0 aliphatic heterocycles. The first kappa shape index (κ1) is 13.2. The molecule has 2 fully saturated rings. The average molecular weight is 327 g/mol. The molecular weight excluding hydrogens is 308 g/mol. The molecule has 0 atom stereocenters. The van der Waals surface area contributed by atoms with Gasteiger partial charge in [0.25, 0.3) is 5.91 Å². The number of nitrogens with one attached hydrogen (secondary N) is 1. The van der Waals surface area contributed by atoms with E-state index in [-0.39, 0.29) is 12.5 Å². The second-order valence-corrected chi connectivity index (χ2v) is 6.70. The molecule has 5 heteroatoms. The van der Waals surface area contributed by atoms with Gasteiger partial charge in [-0.3, -0.25) is 4.79 Å². The van der Waals surface area contributed by atoms with Crippen LogP contribution in [0, 0.1) is 0 Å². The van der Waals surface area contributed by atoms with Gasteiger partial charge in [-0.25, -0.2) is 0 Å². The topological polar surface area (TPSA) is 54.3 Å². The molecule has 0 unspecified atom stereocenters. The van der Waals surface area contributed by atoms with Crippen molar-refractivity contribution < 1.29 is 9.90 Å². The smallest absolute Gasteiger partial charge is 0.268 e. The first-order valence-corrected chi connectivity index (χ1v) is 7.74. The molecule has 0 saturated heterocycles. The van der Waals surface area contributed by atoms with Crippen molar-refractivity contribution in [3.8, 4) is 0 Å². The van der Waals surface area contributed by atoms with E-state index in [2.05, 4.69) is 25.8 Å². The molecule has 4 nitrogen and oxygen atoms in total. The molecular formula is C14H19BrN2O2. The van der Waals surface area contributed by atoms with E-state index in [0.29, 0.717) is 11.7 Å². The second-order valence-electron chi connectivity index (χ2n) is 5.78. The monoisotopic (exact) mass is 326 g/mol. The Bertz CT molecular complexity index is 488. The molecule has 0 spiro atoms. The van der Waals surface area contributed by atoms with E-state index in [1.807, 2.05) is 12.3 Å². The third-order valence-corrected chi connectivity index (χ3v) is 4.66. The van der Waals surface area contributed by atoms with Gasteiger partial charge < -0.3 is 15.0 Å². The van der Waals surface area contributed by atoms with Gasteiger partial charge in [-0.2, -0.15) is 0 Å². The maximum atomic E-state index is 12.5. The molecule has 0 radical (unpaired) electrons. The molecule has 3 rings (SSSR count). The number of nitrogens with zero attached hydrogens (tertiary/aromatic N) is 1. The summed E-state index contributed by atoms with van der Waals surface area (Å²) in [5.74, 6) is -0.0615. The van der Waals surface area contributed by atoms with Crippen molar-refractivity contribution in [1.29, 1.82) is 0 Å². The number of hydrogen-bond donors (Lipinski definition) is 2. The highest BCUT2D eigenvalue weighted by Crippen LogP contribution is 2.38. The lowest BCUT2D eigenvalue weighted by Crippen LogP contribution is -2.49. The first-order valence-electron chi connectivity index (χ1n) is 6.94. The highest BCUT2D eigenvalue weighted by molar-refractivity contribution is 9.10. The number of carbonyl (C=O) groups is 1. The number of amides is 1. The molecule has 2 aliphatic carbocycles. The van der Waals surface area contributed by atoms with E-state index in [1.165, 1.54) is 0 Å². The van der Waals surface area contributed by atoms with Crippen molar-refractivity contribution in [3.63, 3.8) is 0 Å². The fraction of sp³-hybridized carbons (Fsp3) is 0.643. The zero-order chi connectivity index (χ0) is 13.5. The summed E-state index contributed by atoms with van der Waals surface area (Å²) < 4.78 is 2.99. The van der Waals surface area contributed by atoms with E-state index in [9.17, 15) is 9.90 Å². The molecule has 2 aliphatic rings. The van der Waals surface area contributed by atoms with Gasteiger partial charge in [-0.15, -0.1) is 0 Å². The minimum atomic E-state index is -0.401. The summed E-state index contributed by atoms with van der Waals surface area (Å²) >= 11 is 3.44. The van der Waals surface area contributed by atoms with Gasteiger partial charge in [0.15, 0.2) is 0 Å². The van der Waals surface area contributed by atoms with Crippen LogP contribution in [0.25, 0.3) is 0 Å². The van der Waals surface area contributed by atoms with Crippen LogP contribution in [0.4, 0.5) is 0 Å². The number of rotatable bonds is 4. The Labute approximate surface area is 121 Å². The number of halogens is 1. The van der Waals surface area contributed by atoms with Crippen LogP contribution < -0.4 is 5.32 Å². The minimum Gasteiger partial charge on any atom is -0.394 e. The average Bonchev–Trinajstić information content (AvgIpc) is 3.01. The summed E-state index contributed by atoms with van der Waals surface area (Å²) in [5, 5.41) is 12.6. The van der Waals surface area contributed by atoms with E-state index >= 15 is 0 Å². The van der Waals surface area contributed by atoms with Crippen LogP contribution in [-0.4, -0.2) is 27.7 Å². The maximum Gasteiger partial charge on any atom is 0.268 e. The van der Waals surface area contributed by atoms with Gasteiger partial charge in [0.2, 0.25) is 0 Å². The lowest BCUT2D eigenvalue weighted by molar-refractivity contribution is 0.0829. The zero-order valence-corrected chi connectivity index (χ0v) is 12.4. The van der Waals surface area contributed by atoms with Gasteiger partial charge in [0, 0.05) is 16.7 Å². The molecule has 1 aromatic heterocycles. The molecule has 1 amide bonds. The normalized spacial score (nSPS) is 21.6. The van der Waals surface area contributed by atoms with Crippen LogP contribution in [0.3, 0.4) is 0 Å². The van der Waals surface area contributed by atoms with Crippen LogP contribution in [0.1, 0.15) is 55.1 Å². The third-order valence-electron chi connectivity index (χ3n) is 4.23. The summed E-state index contributed by atoms with van der Waals surface area (Å²) in [6.07, 6.45) is 8.18.